The van der Waals surface area contributed by atoms with E-state index in [0.29, 0.717) is 5.92 Å². The second-order valence-corrected chi connectivity index (χ2v) is 4.30. The molecule has 14 heavy (non-hydrogen) atoms. The molecule has 1 atom stereocenters. The Bertz CT molecular complexity index is 309. The van der Waals surface area contributed by atoms with Crippen molar-refractivity contribution in [3.63, 3.8) is 0 Å². The van der Waals surface area contributed by atoms with E-state index in [2.05, 4.69) is 18.8 Å². The van der Waals surface area contributed by atoms with E-state index in [0.717, 1.165) is 24.1 Å². The third kappa shape index (κ3) is 2.54. The van der Waals surface area contributed by atoms with Gasteiger partial charge in [0.05, 0.1) is 5.51 Å². The van der Waals surface area contributed by atoms with Crippen LogP contribution in [0.4, 0.5) is 0 Å². The molecular formula is C10H15NO2S. The third-order valence-electron chi connectivity index (χ3n) is 2.24. The van der Waals surface area contributed by atoms with Gasteiger partial charge in [0.25, 0.3) is 0 Å². The molecule has 78 valence electrons. The number of carbonyl (C=O) groups is 1. The van der Waals surface area contributed by atoms with E-state index in [4.69, 9.17) is 5.11 Å². The summed E-state index contributed by atoms with van der Waals surface area (Å²) in [5, 5.41) is 8.87. The summed E-state index contributed by atoms with van der Waals surface area (Å²) in [6, 6.07) is 0. The second-order valence-electron chi connectivity index (χ2n) is 3.41. The van der Waals surface area contributed by atoms with Crippen LogP contribution in [-0.4, -0.2) is 16.1 Å². The molecule has 0 radical (unpaired) electrons. The molecule has 0 aliphatic rings. The normalized spacial score (nSPS) is 12.7. The molecule has 1 heterocycles. The minimum absolute atomic E-state index is 0.235. The van der Waals surface area contributed by atoms with E-state index in [1.807, 2.05) is 0 Å². The average Bonchev–Trinajstić information content (AvgIpc) is 2.62. The summed E-state index contributed by atoms with van der Waals surface area (Å²) in [7, 11) is 0. The van der Waals surface area contributed by atoms with Crippen molar-refractivity contribution >= 4 is 17.3 Å². The first-order valence-corrected chi connectivity index (χ1v) is 5.71. The predicted octanol–water partition coefficient (Wildman–Crippen LogP) is 3.14. The first kappa shape index (κ1) is 11.2. The summed E-state index contributed by atoms with van der Waals surface area (Å²) in [6.07, 6.45) is 3.32. The molecule has 0 aliphatic carbocycles. The number of aromatic nitrogens is 1. The SMILES string of the molecule is CCCCC(C)c1scnc1C(=O)O. The molecule has 0 saturated heterocycles. The second kappa shape index (κ2) is 5.10. The van der Waals surface area contributed by atoms with Crippen LogP contribution in [0.2, 0.25) is 0 Å². The lowest BCUT2D eigenvalue weighted by atomic mass is 10.0. The van der Waals surface area contributed by atoms with E-state index < -0.39 is 5.97 Å². The molecule has 0 aromatic carbocycles. The fraction of sp³-hybridized carbons (Fsp3) is 0.600. The number of hydrogen-bond acceptors (Lipinski definition) is 3. The molecule has 1 unspecified atom stereocenters. The number of thiazole rings is 1. The number of hydrogen-bond donors (Lipinski definition) is 1. The van der Waals surface area contributed by atoms with Crippen molar-refractivity contribution in [3.05, 3.63) is 16.1 Å². The van der Waals surface area contributed by atoms with Crippen molar-refractivity contribution in [1.29, 1.82) is 0 Å². The molecule has 1 rings (SSSR count). The predicted molar refractivity (Wildman–Crippen MR) is 57.0 cm³/mol. The van der Waals surface area contributed by atoms with Crippen molar-refractivity contribution < 1.29 is 9.90 Å². The van der Waals surface area contributed by atoms with Gasteiger partial charge in [-0.25, -0.2) is 9.78 Å². The molecule has 0 aliphatic heterocycles. The molecule has 0 spiro atoms. The first-order chi connectivity index (χ1) is 6.66. The van der Waals surface area contributed by atoms with Crippen LogP contribution < -0.4 is 0 Å². The highest BCUT2D eigenvalue weighted by molar-refractivity contribution is 7.10. The van der Waals surface area contributed by atoms with Crippen LogP contribution in [0, 0.1) is 0 Å². The van der Waals surface area contributed by atoms with Crippen molar-refractivity contribution in [2.45, 2.75) is 39.0 Å². The lowest BCUT2D eigenvalue weighted by molar-refractivity contribution is 0.0689. The number of nitrogens with zero attached hydrogens (tertiary/aromatic N) is 1. The summed E-state index contributed by atoms with van der Waals surface area (Å²) in [5.41, 5.74) is 1.85. The molecule has 1 aromatic rings. The Morgan fingerprint density at radius 1 is 1.71 bits per heavy atom. The van der Waals surface area contributed by atoms with Crippen molar-refractivity contribution in [1.82, 2.24) is 4.98 Å². The van der Waals surface area contributed by atoms with Gasteiger partial charge in [-0.05, 0) is 12.3 Å². The van der Waals surface area contributed by atoms with E-state index in [-0.39, 0.29) is 5.69 Å². The van der Waals surface area contributed by atoms with Crippen molar-refractivity contribution in [2.75, 3.05) is 0 Å². The van der Waals surface area contributed by atoms with Crippen LogP contribution in [0.3, 0.4) is 0 Å². The van der Waals surface area contributed by atoms with E-state index in [1.165, 1.54) is 11.3 Å². The van der Waals surface area contributed by atoms with E-state index in [9.17, 15) is 4.79 Å². The Morgan fingerprint density at radius 3 is 3.00 bits per heavy atom. The van der Waals surface area contributed by atoms with Crippen LogP contribution >= 0.6 is 11.3 Å². The van der Waals surface area contributed by atoms with Gasteiger partial charge in [0.15, 0.2) is 5.69 Å². The van der Waals surface area contributed by atoms with E-state index >= 15 is 0 Å². The monoisotopic (exact) mass is 213 g/mol. The number of carboxylic acids is 1. The van der Waals surface area contributed by atoms with Gasteiger partial charge >= 0.3 is 5.97 Å². The standard InChI is InChI=1S/C10H15NO2S/c1-3-4-5-7(2)9-8(10(12)13)11-6-14-9/h6-7H,3-5H2,1-2H3,(H,12,13). The topological polar surface area (TPSA) is 50.2 Å². The molecular weight excluding hydrogens is 198 g/mol. The smallest absolute Gasteiger partial charge is 0.355 e. The van der Waals surface area contributed by atoms with Crippen LogP contribution in [0.5, 0.6) is 0 Å². The zero-order chi connectivity index (χ0) is 10.6. The Kier molecular flexibility index (Phi) is 4.07. The quantitative estimate of drug-likeness (QED) is 0.817. The Morgan fingerprint density at radius 2 is 2.43 bits per heavy atom. The molecule has 0 amide bonds. The maximum absolute atomic E-state index is 10.8. The zero-order valence-corrected chi connectivity index (χ0v) is 9.30. The van der Waals surface area contributed by atoms with Gasteiger partial charge in [-0.15, -0.1) is 11.3 Å². The lowest BCUT2D eigenvalue weighted by Crippen LogP contribution is -2.03. The van der Waals surface area contributed by atoms with Gasteiger partial charge in [0, 0.05) is 4.88 Å². The molecule has 3 nitrogen and oxygen atoms in total. The highest BCUT2D eigenvalue weighted by Crippen LogP contribution is 2.27. The van der Waals surface area contributed by atoms with Gasteiger partial charge < -0.3 is 5.11 Å². The number of rotatable bonds is 5. The number of unbranched alkanes of at least 4 members (excludes halogenated alkanes) is 1. The van der Waals surface area contributed by atoms with Gasteiger partial charge in [0.2, 0.25) is 0 Å². The Balaban J connectivity index is 2.73. The lowest BCUT2D eigenvalue weighted by Gasteiger charge is -2.08. The summed E-state index contributed by atoms with van der Waals surface area (Å²) in [5.74, 6) is -0.599. The summed E-state index contributed by atoms with van der Waals surface area (Å²) >= 11 is 1.44. The maximum Gasteiger partial charge on any atom is 0.355 e. The number of aromatic carboxylic acids is 1. The highest BCUT2D eigenvalue weighted by Gasteiger charge is 2.18. The summed E-state index contributed by atoms with van der Waals surface area (Å²) in [6.45, 7) is 4.20. The number of carboxylic acid groups (broad SMARTS) is 1. The summed E-state index contributed by atoms with van der Waals surface area (Å²) < 4.78 is 0. The largest absolute Gasteiger partial charge is 0.476 e. The first-order valence-electron chi connectivity index (χ1n) is 4.83. The molecule has 0 saturated carbocycles. The van der Waals surface area contributed by atoms with Gasteiger partial charge in [-0.3, -0.25) is 0 Å². The van der Waals surface area contributed by atoms with Crippen LogP contribution in [-0.2, 0) is 0 Å². The fourth-order valence-electron chi connectivity index (χ4n) is 1.41. The molecule has 1 aromatic heterocycles. The minimum atomic E-state index is -0.912. The molecule has 4 heteroatoms. The van der Waals surface area contributed by atoms with Crippen LogP contribution in [0.1, 0.15) is 54.4 Å². The Hall–Kier alpha value is -0.900. The maximum atomic E-state index is 10.8. The van der Waals surface area contributed by atoms with Gasteiger partial charge in [-0.2, -0.15) is 0 Å². The third-order valence-corrected chi connectivity index (χ3v) is 3.30. The zero-order valence-electron chi connectivity index (χ0n) is 8.49. The highest BCUT2D eigenvalue weighted by atomic mass is 32.1. The van der Waals surface area contributed by atoms with Crippen molar-refractivity contribution in [3.8, 4) is 0 Å². The molecule has 0 fully saturated rings. The molecule has 1 N–H and O–H groups in total. The van der Waals surface area contributed by atoms with Crippen LogP contribution in [0.15, 0.2) is 5.51 Å². The van der Waals surface area contributed by atoms with Crippen LogP contribution in [0.25, 0.3) is 0 Å². The minimum Gasteiger partial charge on any atom is -0.476 e. The van der Waals surface area contributed by atoms with Gasteiger partial charge in [-0.1, -0.05) is 26.7 Å². The van der Waals surface area contributed by atoms with Crippen molar-refractivity contribution in [2.24, 2.45) is 0 Å². The fourth-order valence-corrected chi connectivity index (χ4v) is 2.28. The average molecular weight is 213 g/mol. The molecule has 0 bridgehead atoms. The summed E-state index contributed by atoms with van der Waals surface area (Å²) in [4.78, 5) is 15.6. The van der Waals surface area contributed by atoms with E-state index in [1.54, 1.807) is 5.51 Å². The Labute approximate surface area is 87.8 Å². The van der Waals surface area contributed by atoms with Gasteiger partial charge in [0.1, 0.15) is 0 Å².